The second-order valence-corrected chi connectivity index (χ2v) is 2.73. The van der Waals surface area contributed by atoms with Gasteiger partial charge in [-0.1, -0.05) is 12.1 Å². The fourth-order valence-electron chi connectivity index (χ4n) is 1.02. The summed E-state index contributed by atoms with van der Waals surface area (Å²) in [6, 6.07) is 9.44. The highest BCUT2D eigenvalue weighted by atomic mass is 14.9. The summed E-state index contributed by atoms with van der Waals surface area (Å²) in [4.78, 5) is 12.3. The van der Waals surface area contributed by atoms with Crippen LogP contribution in [0.5, 0.6) is 0 Å². The van der Waals surface area contributed by atoms with E-state index in [4.69, 9.17) is 0 Å². The van der Waals surface area contributed by atoms with Crippen LogP contribution in [0.15, 0.2) is 53.9 Å². The highest BCUT2D eigenvalue weighted by molar-refractivity contribution is 5.80. The molecule has 0 spiro atoms. The van der Waals surface area contributed by atoms with Crippen molar-refractivity contribution in [3.63, 3.8) is 0 Å². The van der Waals surface area contributed by atoms with Crippen molar-refractivity contribution in [2.24, 2.45) is 4.99 Å². The molecular weight excluding hydrogens is 174 g/mol. The van der Waals surface area contributed by atoms with Gasteiger partial charge in [-0.15, -0.1) is 0 Å². The van der Waals surface area contributed by atoms with Crippen LogP contribution in [0.25, 0.3) is 0 Å². The van der Waals surface area contributed by atoms with Crippen molar-refractivity contribution < 1.29 is 0 Å². The Kier molecular flexibility index (Phi) is 2.62. The Morgan fingerprint density at radius 2 is 2.07 bits per heavy atom. The van der Waals surface area contributed by atoms with Crippen molar-refractivity contribution in [3.05, 3.63) is 54.5 Å². The fraction of sp³-hybridized carbons (Fsp3) is 0. The Hall–Kier alpha value is -2.03. The summed E-state index contributed by atoms with van der Waals surface area (Å²) in [6.07, 6.45) is 6.95. The summed E-state index contributed by atoms with van der Waals surface area (Å²) >= 11 is 0. The SMILES string of the molecule is C(=N\c1ccccn1)/c1cccnc1. The molecule has 0 fully saturated rings. The zero-order valence-electron chi connectivity index (χ0n) is 7.54. The molecule has 0 unspecified atom stereocenters. The Bertz CT molecular complexity index is 368. The Balaban J connectivity index is 2.16. The van der Waals surface area contributed by atoms with Gasteiger partial charge in [0.05, 0.1) is 0 Å². The van der Waals surface area contributed by atoms with Crippen LogP contribution in [0.4, 0.5) is 5.82 Å². The third-order valence-corrected chi connectivity index (χ3v) is 1.68. The average molecular weight is 183 g/mol. The van der Waals surface area contributed by atoms with Gasteiger partial charge in [0.2, 0.25) is 0 Å². The van der Waals surface area contributed by atoms with Crippen LogP contribution in [0.3, 0.4) is 0 Å². The largest absolute Gasteiger partial charge is 0.264 e. The maximum atomic E-state index is 4.20. The lowest BCUT2D eigenvalue weighted by Crippen LogP contribution is -1.81. The maximum absolute atomic E-state index is 4.20. The zero-order chi connectivity index (χ0) is 9.64. The van der Waals surface area contributed by atoms with Crippen LogP contribution in [-0.2, 0) is 0 Å². The molecule has 2 aromatic rings. The minimum absolute atomic E-state index is 0.705. The van der Waals surface area contributed by atoms with E-state index in [1.165, 1.54) is 0 Å². The molecule has 0 saturated carbocycles. The van der Waals surface area contributed by atoms with Crippen molar-refractivity contribution in [3.8, 4) is 0 Å². The number of hydrogen-bond acceptors (Lipinski definition) is 3. The first-order valence-electron chi connectivity index (χ1n) is 4.30. The lowest BCUT2D eigenvalue weighted by atomic mass is 10.3. The van der Waals surface area contributed by atoms with E-state index in [0.717, 1.165) is 5.56 Å². The van der Waals surface area contributed by atoms with E-state index in [1.54, 1.807) is 24.8 Å². The van der Waals surface area contributed by atoms with Crippen molar-refractivity contribution >= 4 is 12.0 Å². The van der Waals surface area contributed by atoms with Crippen molar-refractivity contribution in [2.45, 2.75) is 0 Å². The normalized spacial score (nSPS) is 10.6. The maximum Gasteiger partial charge on any atom is 0.151 e. The molecule has 0 radical (unpaired) electrons. The molecule has 0 saturated heterocycles. The average Bonchev–Trinajstić information content (AvgIpc) is 2.29. The Morgan fingerprint density at radius 3 is 2.79 bits per heavy atom. The van der Waals surface area contributed by atoms with E-state index in [9.17, 15) is 0 Å². The van der Waals surface area contributed by atoms with Gasteiger partial charge < -0.3 is 0 Å². The topological polar surface area (TPSA) is 38.1 Å². The van der Waals surface area contributed by atoms with Crippen molar-refractivity contribution in [1.82, 2.24) is 9.97 Å². The fourth-order valence-corrected chi connectivity index (χ4v) is 1.02. The van der Waals surface area contributed by atoms with Gasteiger partial charge in [-0.25, -0.2) is 9.98 Å². The van der Waals surface area contributed by atoms with Gasteiger partial charge >= 0.3 is 0 Å². The lowest BCUT2D eigenvalue weighted by molar-refractivity contribution is 1.27. The monoisotopic (exact) mass is 183 g/mol. The van der Waals surface area contributed by atoms with Gasteiger partial charge in [-0.2, -0.15) is 0 Å². The van der Waals surface area contributed by atoms with Crippen molar-refractivity contribution in [2.75, 3.05) is 0 Å². The molecule has 0 aromatic carbocycles. The Labute approximate surface area is 82.2 Å². The Morgan fingerprint density at radius 1 is 1.07 bits per heavy atom. The van der Waals surface area contributed by atoms with E-state index >= 15 is 0 Å². The highest BCUT2D eigenvalue weighted by Crippen LogP contribution is 2.04. The molecule has 68 valence electrons. The van der Waals surface area contributed by atoms with Crippen LogP contribution < -0.4 is 0 Å². The summed E-state index contributed by atoms with van der Waals surface area (Å²) in [6.45, 7) is 0. The van der Waals surface area contributed by atoms with Crippen molar-refractivity contribution in [1.29, 1.82) is 0 Å². The summed E-state index contributed by atoms with van der Waals surface area (Å²) in [5, 5.41) is 0. The summed E-state index contributed by atoms with van der Waals surface area (Å²) in [7, 11) is 0. The quantitative estimate of drug-likeness (QED) is 0.669. The molecule has 0 N–H and O–H groups in total. The van der Waals surface area contributed by atoms with E-state index in [0.29, 0.717) is 5.82 Å². The molecular formula is C11H9N3. The van der Waals surface area contributed by atoms with Crippen LogP contribution >= 0.6 is 0 Å². The number of aromatic nitrogens is 2. The summed E-state index contributed by atoms with van der Waals surface area (Å²) in [5.41, 5.74) is 0.971. The molecule has 3 heteroatoms. The molecule has 3 nitrogen and oxygen atoms in total. The van der Waals surface area contributed by atoms with Crippen LogP contribution in [-0.4, -0.2) is 16.2 Å². The van der Waals surface area contributed by atoms with E-state index in [2.05, 4.69) is 15.0 Å². The highest BCUT2D eigenvalue weighted by Gasteiger charge is 1.87. The van der Waals surface area contributed by atoms with E-state index in [-0.39, 0.29) is 0 Å². The third kappa shape index (κ3) is 2.23. The van der Waals surface area contributed by atoms with Crippen LogP contribution in [0, 0.1) is 0 Å². The summed E-state index contributed by atoms with van der Waals surface area (Å²) in [5.74, 6) is 0.705. The molecule has 0 aliphatic heterocycles. The van der Waals surface area contributed by atoms with Gasteiger partial charge in [0.25, 0.3) is 0 Å². The zero-order valence-corrected chi connectivity index (χ0v) is 7.54. The molecule has 0 atom stereocenters. The van der Waals surface area contributed by atoms with Crippen LogP contribution in [0.2, 0.25) is 0 Å². The lowest BCUT2D eigenvalue weighted by Gasteiger charge is -1.91. The number of hydrogen-bond donors (Lipinski definition) is 0. The van der Waals surface area contributed by atoms with E-state index in [1.807, 2.05) is 30.3 Å². The molecule has 0 bridgehead atoms. The standard InChI is InChI=1S/C11H9N3/c1-2-7-13-11(5-1)14-9-10-4-3-6-12-8-10/h1-9H/b14-9+. The predicted octanol–water partition coefficient (Wildman–Crippen LogP) is 2.23. The number of nitrogens with zero attached hydrogens (tertiary/aromatic N) is 3. The number of rotatable bonds is 2. The molecule has 2 heterocycles. The number of pyridine rings is 2. The van der Waals surface area contributed by atoms with Gasteiger partial charge in [-0.3, -0.25) is 4.98 Å². The van der Waals surface area contributed by atoms with Gasteiger partial charge in [-0.05, 0) is 18.2 Å². The molecule has 14 heavy (non-hydrogen) atoms. The molecule has 0 aliphatic rings. The second kappa shape index (κ2) is 4.28. The first-order chi connectivity index (χ1) is 6.95. The van der Waals surface area contributed by atoms with Gasteiger partial charge in [0.1, 0.15) is 0 Å². The molecule has 2 aromatic heterocycles. The van der Waals surface area contributed by atoms with Gasteiger partial charge in [0.15, 0.2) is 5.82 Å². The minimum atomic E-state index is 0.705. The molecule has 0 amide bonds. The number of aliphatic imine (C=N–C) groups is 1. The first kappa shape index (κ1) is 8.56. The molecule has 0 aliphatic carbocycles. The predicted molar refractivity (Wildman–Crippen MR) is 55.7 cm³/mol. The van der Waals surface area contributed by atoms with Gasteiger partial charge in [0, 0.05) is 30.4 Å². The third-order valence-electron chi connectivity index (χ3n) is 1.68. The first-order valence-corrected chi connectivity index (χ1v) is 4.30. The van der Waals surface area contributed by atoms with Crippen LogP contribution in [0.1, 0.15) is 5.56 Å². The minimum Gasteiger partial charge on any atom is -0.264 e. The smallest absolute Gasteiger partial charge is 0.151 e. The second-order valence-electron chi connectivity index (χ2n) is 2.73. The molecule has 2 rings (SSSR count). The van der Waals surface area contributed by atoms with E-state index < -0.39 is 0 Å². The summed E-state index contributed by atoms with van der Waals surface area (Å²) < 4.78 is 0.